The van der Waals surface area contributed by atoms with E-state index in [1.54, 1.807) is 18.6 Å². The molecule has 10 nitrogen and oxygen atoms in total. The summed E-state index contributed by atoms with van der Waals surface area (Å²) in [5.41, 5.74) is 1.83. The molecule has 2 unspecified atom stereocenters. The molecule has 0 spiro atoms. The summed E-state index contributed by atoms with van der Waals surface area (Å²) < 4.78 is 16.6. The van der Waals surface area contributed by atoms with E-state index in [1.165, 1.54) is 23.3 Å². The van der Waals surface area contributed by atoms with Crippen LogP contribution in [0.15, 0.2) is 74.6 Å². The highest BCUT2D eigenvalue weighted by Gasteiger charge is 2.45. The monoisotopic (exact) mass is 448 g/mol. The van der Waals surface area contributed by atoms with Crippen molar-refractivity contribution in [1.82, 2.24) is 9.99 Å². The van der Waals surface area contributed by atoms with Crippen molar-refractivity contribution in [3.05, 3.63) is 82.3 Å². The topological polar surface area (TPSA) is 124 Å². The lowest BCUT2D eigenvalue weighted by Gasteiger charge is -2.27. The van der Waals surface area contributed by atoms with Gasteiger partial charge in [0.25, 0.3) is 5.91 Å². The molecule has 4 heterocycles. The maximum atomic E-state index is 13.2. The zero-order valence-corrected chi connectivity index (χ0v) is 17.5. The molecule has 1 saturated carbocycles. The maximum absolute atomic E-state index is 13.2. The van der Waals surface area contributed by atoms with E-state index in [9.17, 15) is 14.9 Å². The second kappa shape index (κ2) is 8.73. The number of nitrogens with zero attached hydrogens (tertiary/aromatic N) is 4. The zero-order valence-electron chi connectivity index (χ0n) is 17.5. The van der Waals surface area contributed by atoms with Crippen LogP contribution >= 0.6 is 0 Å². The van der Waals surface area contributed by atoms with E-state index in [0.717, 1.165) is 36.3 Å². The fraction of sp³-hybridized carbons (Fsp3) is 0.261. The average Bonchev–Trinajstić information content (AvgIpc) is 3.58. The largest absolute Gasteiger partial charge is 0.475 e. The third-order valence-corrected chi connectivity index (χ3v) is 5.73. The van der Waals surface area contributed by atoms with Crippen LogP contribution in [-0.2, 0) is 4.79 Å². The van der Waals surface area contributed by atoms with Gasteiger partial charge in [-0.15, -0.1) is 0 Å². The number of hydrazone groups is 1. The van der Waals surface area contributed by atoms with Gasteiger partial charge in [-0.3, -0.25) is 4.79 Å². The lowest BCUT2D eigenvalue weighted by Crippen LogP contribution is -2.34. The van der Waals surface area contributed by atoms with E-state index in [-0.39, 0.29) is 11.7 Å². The number of ether oxygens (including phenoxy) is 1. The Morgan fingerprint density at radius 1 is 1.24 bits per heavy atom. The predicted octanol–water partition coefficient (Wildman–Crippen LogP) is 4.38. The first kappa shape index (κ1) is 20.7. The molecule has 0 radical (unpaired) electrons. The molecular weight excluding hydrogens is 428 g/mol. The molecule has 2 aliphatic rings. The third-order valence-electron chi connectivity index (χ3n) is 5.73. The minimum Gasteiger partial charge on any atom is -0.475 e. The summed E-state index contributed by atoms with van der Waals surface area (Å²) >= 11 is 0. The molecule has 10 heteroatoms. The highest BCUT2D eigenvalue weighted by atomic mass is 16.6. The number of nitro groups is 1. The van der Waals surface area contributed by atoms with Crippen molar-refractivity contribution in [1.29, 1.82) is 0 Å². The lowest BCUT2D eigenvalue weighted by molar-refractivity contribution is -0.390. The van der Waals surface area contributed by atoms with E-state index >= 15 is 0 Å². The number of carbonyl (C=O) groups excluding carboxylic acids is 1. The van der Waals surface area contributed by atoms with Gasteiger partial charge in [-0.1, -0.05) is 0 Å². The molecule has 2 atom stereocenters. The summed E-state index contributed by atoms with van der Waals surface area (Å²) in [5, 5.41) is 17.2. The maximum Gasteiger partial charge on any atom is 0.406 e. The molecule has 1 amide bonds. The van der Waals surface area contributed by atoms with Gasteiger partial charge in [0.05, 0.1) is 18.2 Å². The van der Waals surface area contributed by atoms with Gasteiger partial charge in [-0.05, 0) is 77.2 Å². The van der Waals surface area contributed by atoms with E-state index in [0.29, 0.717) is 5.76 Å². The number of aromatic nitrogens is 1. The van der Waals surface area contributed by atoms with E-state index in [4.69, 9.17) is 13.6 Å². The minimum absolute atomic E-state index is 0.0391. The Labute approximate surface area is 188 Å². The lowest BCUT2D eigenvalue weighted by atomic mass is 9.79. The van der Waals surface area contributed by atoms with Crippen molar-refractivity contribution in [2.75, 3.05) is 6.61 Å². The van der Waals surface area contributed by atoms with Crippen LogP contribution in [0.25, 0.3) is 6.08 Å². The van der Waals surface area contributed by atoms with Gasteiger partial charge >= 0.3 is 5.82 Å². The Kier molecular flexibility index (Phi) is 5.47. The fourth-order valence-electron chi connectivity index (χ4n) is 4.33. The van der Waals surface area contributed by atoms with Gasteiger partial charge in [-0.25, -0.2) is 5.01 Å². The molecular formula is C23H20N4O6. The molecule has 33 heavy (non-hydrogen) atoms. The van der Waals surface area contributed by atoms with Crippen LogP contribution in [0, 0.1) is 16.0 Å². The number of furan rings is 2. The first-order chi connectivity index (χ1) is 16.1. The van der Waals surface area contributed by atoms with Crippen molar-refractivity contribution in [3.8, 4) is 5.75 Å². The highest BCUT2D eigenvalue weighted by Crippen LogP contribution is 2.44. The van der Waals surface area contributed by atoms with E-state index < -0.39 is 29.3 Å². The summed E-state index contributed by atoms with van der Waals surface area (Å²) in [6.07, 6.45) is 9.03. The Morgan fingerprint density at radius 2 is 2.09 bits per heavy atom. The SMILES string of the molecule is O=C(COc1cccnc1[N+](=O)[O-])N1N=C2/C(=C\c3ccco3)CCCC2C1c1ccco1. The Balaban J connectivity index is 1.43. The van der Waals surface area contributed by atoms with Gasteiger partial charge in [0.1, 0.15) is 23.8 Å². The molecule has 1 aliphatic heterocycles. The average molecular weight is 448 g/mol. The Morgan fingerprint density at radius 3 is 2.85 bits per heavy atom. The number of hydrogen-bond acceptors (Lipinski definition) is 8. The minimum atomic E-state index is -0.651. The number of allylic oxidation sites excluding steroid dienone is 1. The summed E-state index contributed by atoms with van der Waals surface area (Å²) in [6, 6.07) is 9.77. The number of hydrogen-bond donors (Lipinski definition) is 0. The summed E-state index contributed by atoms with van der Waals surface area (Å²) in [6.45, 7) is -0.426. The predicted molar refractivity (Wildman–Crippen MR) is 116 cm³/mol. The Hall–Kier alpha value is -4.21. The first-order valence-electron chi connectivity index (χ1n) is 10.5. The fourth-order valence-corrected chi connectivity index (χ4v) is 4.33. The summed E-state index contributed by atoms with van der Waals surface area (Å²) in [7, 11) is 0. The Bertz CT molecular complexity index is 1220. The molecule has 0 aromatic carbocycles. The molecule has 3 aromatic heterocycles. The van der Waals surface area contributed by atoms with Crippen molar-refractivity contribution >= 4 is 23.5 Å². The molecule has 1 aliphatic carbocycles. The molecule has 0 saturated heterocycles. The van der Waals surface area contributed by atoms with Crippen LogP contribution in [0.1, 0.15) is 36.8 Å². The van der Waals surface area contributed by atoms with Crippen LogP contribution in [0.3, 0.4) is 0 Å². The van der Waals surface area contributed by atoms with Gasteiger partial charge in [0.15, 0.2) is 6.61 Å². The number of carbonyl (C=O) groups is 1. The number of amides is 1. The van der Waals surface area contributed by atoms with E-state index in [1.807, 2.05) is 24.3 Å². The van der Waals surface area contributed by atoms with Crippen LogP contribution in [0.2, 0.25) is 0 Å². The van der Waals surface area contributed by atoms with Crippen LogP contribution in [0.5, 0.6) is 5.75 Å². The second-order valence-corrected chi connectivity index (χ2v) is 7.74. The first-order valence-corrected chi connectivity index (χ1v) is 10.5. The van der Waals surface area contributed by atoms with Crippen molar-refractivity contribution in [3.63, 3.8) is 0 Å². The van der Waals surface area contributed by atoms with Gasteiger partial charge in [0.2, 0.25) is 5.75 Å². The molecule has 3 aromatic rings. The number of pyridine rings is 1. The van der Waals surface area contributed by atoms with Crippen LogP contribution < -0.4 is 4.74 Å². The summed E-state index contributed by atoms with van der Waals surface area (Å²) in [4.78, 5) is 27.4. The standard InChI is InChI=1S/C23H20N4O6/c28-20(14-33-19-8-2-10-24-23(19)27(29)30)26-22(18-9-4-12-32-18)17-7-1-5-15(21(17)25-26)13-16-6-3-11-31-16/h2-4,6,8-13,17,22H,1,5,7,14H2/b15-13-. The number of rotatable bonds is 6. The van der Waals surface area contributed by atoms with Crippen molar-refractivity contribution in [2.24, 2.45) is 11.0 Å². The van der Waals surface area contributed by atoms with Gasteiger partial charge < -0.3 is 23.7 Å². The second-order valence-electron chi connectivity index (χ2n) is 7.74. The molecule has 168 valence electrons. The third kappa shape index (κ3) is 4.02. The highest BCUT2D eigenvalue weighted by molar-refractivity contribution is 6.08. The number of fused-ring (bicyclic) bond motifs is 1. The molecule has 1 fully saturated rings. The van der Waals surface area contributed by atoms with E-state index in [2.05, 4.69) is 10.1 Å². The van der Waals surface area contributed by atoms with Gasteiger partial charge in [0, 0.05) is 5.92 Å². The molecule has 0 bridgehead atoms. The quantitative estimate of drug-likeness (QED) is 0.405. The van der Waals surface area contributed by atoms with Crippen LogP contribution in [0.4, 0.5) is 5.82 Å². The molecule has 5 rings (SSSR count). The smallest absolute Gasteiger partial charge is 0.406 e. The van der Waals surface area contributed by atoms with Crippen molar-refractivity contribution in [2.45, 2.75) is 25.3 Å². The normalized spacial score (nSPS) is 21.0. The van der Waals surface area contributed by atoms with Gasteiger partial charge in [-0.2, -0.15) is 5.10 Å². The van der Waals surface area contributed by atoms with Crippen LogP contribution in [-0.4, -0.2) is 33.1 Å². The molecule has 0 N–H and O–H groups in total. The van der Waals surface area contributed by atoms with Crippen molar-refractivity contribution < 1.29 is 23.3 Å². The summed E-state index contributed by atoms with van der Waals surface area (Å²) in [5.74, 6) is 0.348. The zero-order chi connectivity index (χ0) is 22.8.